The van der Waals surface area contributed by atoms with Gasteiger partial charge in [-0.25, -0.2) is 8.42 Å². The molecule has 0 heterocycles. The van der Waals surface area contributed by atoms with Crippen molar-refractivity contribution in [3.63, 3.8) is 0 Å². The summed E-state index contributed by atoms with van der Waals surface area (Å²) in [6.45, 7) is 1.58. The van der Waals surface area contributed by atoms with Crippen LogP contribution in [0, 0.1) is 0 Å². The molecule has 16 heavy (non-hydrogen) atoms. The van der Waals surface area contributed by atoms with Gasteiger partial charge < -0.3 is 5.73 Å². The number of rotatable bonds is 5. The molecule has 0 saturated heterocycles. The van der Waals surface area contributed by atoms with Crippen molar-refractivity contribution < 1.29 is 8.42 Å². The van der Waals surface area contributed by atoms with Gasteiger partial charge in [0.1, 0.15) is 0 Å². The van der Waals surface area contributed by atoms with Gasteiger partial charge in [0, 0.05) is 11.1 Å². The second kappa shape index (κ2) is 5.38. The van der Waals surface area contributed by atoms with Gasteiger partial charge in [0.15, 0.2) is 0 Å². The van der Waals surface area contributed by atoms with E-state index >= 15 is 0 Å². The number of nitrogens with one attached hydrogen (secondary N) is 1. The summed E-state index contributed by atoms with van der Waals surface area (Å²) in [6, 6.07) is 6.53. The molecule has 1 rings (SSSR count). The average molecular weight is 258 g/mol. The number of nitrogens with two attached hydrogens (primary N) is 1. The number of hydrogen-bond donors (Lipinski definition) is 2. The van der Waals surface area contributed by atoms with Crippen LogP contribution in [0.1, 0.15) is 18.5 Å². The highest BCUT2D eigenvalue weighted by Crippen LogP contribution is 2.16. The molecule has 1 unspecified atom stereocenters. The Labute approximate surface area is 101 Å². The van der Waals surface area contributed by atoms with E-state index in [1.165, 1.54) is 5.37 Å². The van der Waals surface area contributed by atoms with Crippen LogP contribution in [-0.2, 0) is 10.0 Å². The summed E-state index contributed by atoms with van der Waals surface area (Å²) in [4.78, 5) is 0. The minimum absolute atomic E-state index is 0.0381. The smallest absolute Gasteiger partial charge is 0.232 e. The molecule has 0 amide bonds. The van der Waals surface area contributed by atoms with Gasteiger partial charge in [-0.05, 0) is 24.6 Å². The van der Waals surface area contributed by atoms with Gasteiger partial charge in [0.25, 0.3) is 0 Å². The Morgan fingerprint density at radius 2 is 2.25 bits per heavy atom. The zero-order valence-corrected chi connectivity index (χ0v) is 10.5. The average Bonchev–Trinajstić information content (AvgIpc) is 2.28. The van der Waals surface area contributed by atoms with E-state index in [2.05, 4.69) is 4.72 Å². The zero-order valence-electron chi connectivity index (χ0n) is 8.88. The minimum Gasteiger partial charge on any atom is -0.320 e. The minimum atomic E-state index is -3.25. The van der Waals surface area contributed by atoms with Gasteiger partial charge in [-0.15, -0.1) is 0 Å². The summed E-state index contributed by atoms with van der Waals surface area (Å²) in [5, 5.41) is 1.44. The lowest BCUT2D eigenvalue weighted by Gasteiger charge is -2.10. The van der Waals surface area contributed by atoms with Crippen molar-refractivity contribution in [2.45, 2.75) is 13.0 Å². The standard InChI is InChI=1S/C10H14N2O2S2/c1-2-16(13,14)12-9-5-3-4-8(6-9)10(11)7-15/h3-7,10,12H,2,11H2,1H3. The van der Waals surface area contributed by atoms with E-state index in [0.29, 0.717) is 5.69 Å². The van der Waals surface area contributed by atoms with Crippen molar-refractivity contribution in [3.05, 3.63) is 29.8 Å². The maximum absolute atomic E-state index is 11.3. The fourth-order valence-corrected chi connectivity index (χ4v) is 1.93. The lowest BCUT2D eigenvalue weighted by molar-refractivity contribution is 0.602. The summed E-state index contributed by atoms with van der Waals surface area (Å²) in [7, 11) is -3.25. The Balaban J connectivity index is 2.95. The molecule has 1 atom stereocenters. The topological polar surface area (TPSA) is 72.2 Å². The fourth-order valence-electron chi connectivity index (χ4n) is 1.14. The summed E-state index contributed by atoms with van der Waals surface area (Å²) in [6.07, 6.45) is 0. The lowest BCUT2D eigenvalue weighted by atomic mass is 10.1. The third-order valence-corrected chi connectivity index (χ3v) is 3.67. The van der Waals surface area contributed by atoms with Crippen molar-refractivity contribution in [2.75, 3.05) is 10.5 Å². The molecule has 4 nitrogen and oxygen atoms in total. The number of anilines is 1. The highest BCUT2D eigenvalue weighted by molar-refractivity contribution is 7.92. The summed E-state index contributed by atoms with van der Waals surface area (Å²) >= 11 is 4.74. The highest BCUT2D eigenvalue weighted by atomic mass is 32.2. The fraction of sp³-hybridized carbons (Fsp3) is 0.300. The van der Waals surface area contributed by atoms with Gasteiger partial charge in [-0.3, -0.25) is 4.72 Å². The Morgan fingerprint density at radius 3 is 2.81 bits per heavy atom. The van der Waals surface area contributed by atoms with Gasteiger partial charge in [-0.2, -0.15) is 0 Å². The molecule has 0 aliphatic rings. The Hall–Kier alpha value is -0.980. The van der Waals surface area contributed by atoms with Crippen LogP contribution in [-0.4, -0.2) is 19.5 Å². The van der Waals surface area contributed by atoms with Gasteiger partial charge in [-0.1, -0.05) is 24.4 Å². The van der Waals surface area contributed by atoms with Crippen LogP contribution in [0.4, 0.5) is 5.69 Å². The highest BCUT2D eigenvalue weighted by Gasteiger charge is 2.08. The van der Waals surface area contributed by atoms with E-state index in [-0.39, 0.29) is 11.8 Å². The monoisotopic (exact) mass is 258 g/mol. The SMILES string of the molecule is CCS(=O)(=O)Nc1cccc(C(N)C=S)c1. The first kappa shape index (κ1) is 13.1. The third kappa shape index (κ3) is 3.55. The first-order valence-electron chi connectivity index (χ1n) is 4.80. The van der Waals surface area contributed by atoms with Crippen LogP contribution in [0.15, 0.2) is 24.3 Å². The van der Waals surface area contributed by atoms with Crippen molar-refractivity contribution in [3.8, 4) is 0 Å². The Morgan fingerprint density at radius 1 is 1.56 bits per heavy atom. The predicted molar refractivity (Wildman–Crippen MR) is 70.1 cm³/mol. The number of thiocarbonyl (C=S) groups is 1. The molecule has 0 spiro atoms. The summed E-state index contributed by atoms with van der Waals surface area (Å²) < 4.78 is 25.2. The van der Waals surface area contributed by atoms with E-state index < -0.39 is 10.0 Å². The van der Waals surface area contributed by atoms with E-state index in [1.807, 2.05) is 0 Å². The molecule has 0 aliphatic carbocycles. The normalized spacial score (nSPS) is 13.1. The van der Waals surface area contributed by atoms with E-state index in [9.17, 15) is 8.42 Å². The van der Waals surface area contributed by atoms with Crippen molar-refractivity contribution in [2.24, 2.45) is 5.73 Å². The Kier molecular flexibility index (Phi) is 4.40. The molecule has 0 aromatic heterocycles. The number of sulfonamides is 1. The van der Waals surface area contributed by atoms with Crippen LogP contribution in [0.2, 0.25) is 0 Å². The quantitative estimate of drug-likeness (QED) is 0.784. The molecular formula is C10H14N2O2S2. The van der Waals surface area contributed by atoms with E-state index in [0.717, 1.165) is 5.56 Å². The molecule has 0 saturated carbocycles. The lowest BCUT2D eigenvalue weighted by Crippen LogP contribution is -2.15. The number of benzene rings is 1. The zero-order chi connectivity index (χ0) is 12.2. The van der Waals surface area contributed by atoms with Crippen LogP contribution in [0.25, 0.3) is 0 Å². The molecule has 0 fully saturated rings. The number of hydrogen-bond acceptors (Lipinski definition) is 4. The third-order valence-electron chi connectivity index (χ3n) is 2.07. The molecular weight excluding hydrogens is 244 g/mol. The van der Waals surface area contributed by atoms with Crippen LogP contribution in [0.5, 0.6) is 0 Å². The van der Waals surface area contributed by atoms with Crippen LogP contribution < -0.4 is 10.5 Å². The molecule has 6 heteroatoms. The molecule has 88 valence electrons. The Bertz CT molecular complexity index is 471. The maximum atomic E-state index is 11.3. The van der Waals surface area contributed by atoms with Gasteiger partial charge in [0.05, 0.1) is 11.8 Å². The first-order valence-corrected chi connectivity index (χ1v) is 6.92. The van der Waals surface area contributed by atoms with E-state index in [4.69, 9.17) is 18.0 Å². The van der Waals surface area contributed by atoms with Crippen molar-refractivity contribution >= 4 is 33.3 Å². The summed E-state index contributed by atoms with van der Waals surface area (Å²) in [5.41, 5.74) is 7.01. The molecule has 0 radical (unpaired) electrons. The van der Waals surface area contributed by atoms with Gasteiger partial charge >= 0.3 is 0 Å². The molecule has 3 N–H and O–H groups in total. The van der Waals surface area contributed by atoms with Crippen LogP contribution in [0.3, 0.4) is 0 Å². The summed E-state index contributed by atoms with van der Waals surface area (Å²) in [5.74, 6) is 0.0381. The maximum Gasteiger partial charge on any atom is 0.232 e. The predicted octanol–water partition coefficient (Wildman–Crippen LogP) is 1.45. The first-order chi connectivity index (χ1) is 7.48. The van der Waals surface area contributed by atoms with Gasteiger partial charge in [0.2, 0.25) is 10.0 Å². The molecule has 1 aromatic rings. The van der Waals surface area contributed by atoms with Crippen molar-refractivity contribution in [1.82, 2.24) is 0 Å². The molecule has 1 aromatic carbocycles. The van der Waals surface area contributed by atoms with E-state index in [1.54, 1.807) is 31.2 Å². The molecule has 0 bridgehead atoms. The second-order valence-electron chi connectivity index (χ2n) is 3.29. The largest absolute Gasteiger partial charge is 0.320 e. The molecule has 0 aliphatic heterocycles. The second-order valence-corrected chi connectivity index (χ2v) is 5.58. The van der Waals surface area contributed by atoms with Crippen molar-refractivity contribution in [1.29, 1.82) is 0 Å². The van der Waals surface area contributed by atoms with Crippen LogP contribution >= 0.6 is 12.2 Å².